The standard InChI is InChI=1S/C19H22N6O/c1-13-11-14(2)25-18(22-13)17(12-21-25)19(26)23-15-3-5-16(6-4-15)24-9-7-20-8-10-24/h3-6,11-12,20H,7-10H2,1-2H3,(H,23,26). The molecule has 2 aromatic heterocycles. The van der Waals surface area contributed by atoms with Crippen LogP contribution in [0.3, 0.4) is 0 Å². The van der Waals surface area contributed by atoms with Crippen LogP contribution in [0.15, 0.2) is 36.5 Å². The van der Waals surface area contributed by atoms with Crippen LogP contribution in [0.25, 0.3) is 5.65 Å². The van der Waals surface area contributed by atoms with Crippen LogP contribution in [0.2, 0.25) is 0 Å². The van der Waals surface area contributed by atoms with Gasteiger partial charge < -0.3 is 15.5 Å². The van der Waals surface area contributed by atoms with Gasteiger partial charge in [-0.1, -0.05) is 0 Å². The zero-order valence-electron chi connectivity index (χ0n) is 15.0. The molecule has 26 heavy (non-hydrogen) atoms. The number of anilines is 2. The molecule has 1 aromatic carbocycles. The largest absolute Gasteiger partial charge is 0.369 e. The Kier molecular flexibility index (Phi) is 4.30. The molecule has 7 heteroatoms. The molecule has 1 saturated heterocycles. The van der Waals surface area contributed by atoms with E-state index in [1.807, 2.05) is 44.2 Å². The number of hydrogen-bond donors (Lipinski definition) is 2. The molecular weight excluding hydrogens is 328 g/mol. The number of aryl methyl sites for hydroxylation is 2. The van der Waals surface area contributed by atoms with Crippen molar-refractivity contribution in [3.05, 3.63) is 53.5 Å². The lowest BCUT2D eigenvalue weighted by Crippen LogP contribution is -2.43. The highest BCUT2D eigenvalue weighted by Gasteiger charge is 2.16. The molecule has 1 aliphatic heterocycles. The van der Waals surface area contributed by atoms with Gasteiger partial charge in [-0.3, -0.25) is 4.79 Å². The highest BCUT2D eigenvalue weighted by atomic mass is 16.1. The molecule has 3 heterocycles. The van der Waals surface area contributed by atoms with E-state index < -0.39 is 0 Å². The molecule has 0 aliphatic carbocycles. The van der Waals surface area contributed by atoms with Gasteiger partial charge in [0.05, 0.1) is 6.20 Å². The van der Waals surface area contributed by atoms with Crippen molar-refractivity contribution >= 4 is 22.9 Å². The normalized spacial score (nSPS) is 14.6. The van der Waals surface area contributed by atoms with E-state index in [1.54, 1.807) is 10.7 Å². The molecule has 1 aliphatic rings. The molecule has 2 N–H and O–H groups in total. The Morgan fingerprint density at radius 1 is 1.15 bits per heavy atom. The summed E-state index contributed by atoms with van der Waals surface area (Å²) in [6.45, 7) is 7.86. The number of carbonyl (C=O) groups excluding carboxylic acids is 1. The van der Waals surface area contributed by atoms with Gasteiger partial charge >= 0.3 is 0 Å². The summed E-state index contributed by atoms with van der Waals surface area (Å²) in [5.41, 5.74) is 4.81. The third-order valence-corrected chi connectivity index (χ3v) is 4.63. The van der Waals surface area contributed by atoms with Crippen LogP contribution < -0.4 is 15.5 Å². The molecule has 0 radical (unpaired) electrons. The minimum atomic E-state index is -0.201. The predicted molar refractivity (Wildman–Crippen MR) is 102 cm³/mol. The van der Waals surface area contributed by atoms with E-state index >= 15 is 0 Å². The molecule has 0 saturated carbocycles. The number of nitrogens with one attached hydrogen (secondary N) is 2. The summed E-state index contributed by atoms with van der Waals surface area (Å²) in [5, 5.41) is 10.6. The molecule has 1 amide bonds. The van der Waals surface area contributed by atoms with Crippen molar-refractivity contribution in [1.29, 1.82) is 0 Å². The number of amides is 1. The highest BCUT2D eigenvalue weighted by Crippen LogP contribution is 2.20. The van der Waals surface area contributed by atoms with Crippen molar-refractivity contribution < 1.29 is 4.79 Å². The predicted octanol–water partition coefficient (Wildman–Crippen LogP) is 2.01. The SMILES string of the molecule is Cc1cc(C)n2ncc(C(=O)Nc3ccc(N4CCNCC4)cc3)c2n1. The number of rotatable bonds is 3. The lowest BCUT2D eigenvalue weighted by Gasteiger charge is -2.29. The van der Waals surface area contributed by atoms with E-state index in [4.69, 9.17) is 0 Å². The van der Waals surface area contributed by atoms with Crippen molar-refractivity contribution in [2.75, 3.05) is 36.4 Å². The molecule has 3 aromatic rings. The monoisotopic (exact) mass is 350 g/mol. The first-order valence-electron chi connectivity index (χ1n) is 8.81. The zero-order valence-corrected chi connectivity index (χ0v) is 15.0. The summed E-state index contributed by atoms with van der Waals surface area (Å²) in [6.07, 6.45) is 1.57. The van der Waals surface area contributed by atoms with E-state index in [9.17, 15) is 4.79 Å². The third kappa shape index (κ3) is 3.13. The van der Waals surface area contributed by atoms with E-state index in [2.05, 4.69) is 25.6 Å². The fourth-order valence-corrected chi connectivity index (χ4v) is 3.31. The number of nitrogens with zero attached hydrogens (tertiary/aromatic N) is 4. The van der Waals surface area contributed by atoms with Crippen LogP contribution in [0.5, 0.6) is 0 Å². The first-order valence-corrected chi connectivity index (χ1v) is 8.81. The van der Waals surface area contributed by atoms with Crippen LogP contribution in [-0.4, -0.2) is 46.7 Å². The van der Waals surface area contributed by atoms with Gasteiger partial charge in [-0.25, -0.2) is 9.50 Å². The van der Waals surface area contributed by atoms with Crippen molar-refractivity contribution in [1.82, 2.24) is 19.9 Å². The van der Waals surface area contributed by atoms with Gasteiger partial charge in [-0.2, -0.15) is 5.10 Å². The second kappa shape index (κ2) is 6.76. The van der Waals surface area contributed by atoms with Crippen molar-refractivity contribution in [3.63, 3.8) is 0 Å². The number of benzene rings is 1. The fourth-order valence-electron chi connectivity index (χ4n) is 3.31. The van der Waals surface area contributed by atoms with Gasteiger partial charge in [0.1, 0.15) is 5.56 Å². The lowest BCUT2D eigenvalue weighted by atomic mass is 10.2. The minimum absolute atomic E-state index is 0.201. The highest BCUT2D eigenvalue weighted by molar-refractivity contribution is 6.08. The maximum Gasteiger partial charge on any atom is 0.261 e. The Hall–Kier alpha value is -2.93. The van der Waals surface area contributed by atoms with Crippen molar-refractivity contribution in [3.8, 4) is 0 Å². The summed E-state index contributed by atoms with van der Waals surface area (Å²) in [6, 6.07) is 9.90. The van der Waals surface area contributed by atoms with Gasteiger partial charge in [0.15, 0.2) is 5.65 Å². The second-order valence-corrected chi connectivity index (χ2v) is 6.57. The molecule has 7 nitrogen and oxygen atoms in total. The summed E-state index contributed by atoms with van der Waals surface area (Å²) in [7, 11) is 0. The van der Waals surface area contributed by atoms with Crippen molar-refractivity contribution in [2.24, 2.45) is 0 Å². The number of hydrogen-bond acceptors (Lipinski definition) is 5. The van der Waals surface area contributed by atoms with Crippen LogP contribution in [0, 0.1) is 13.8 Å². The van der Waals surface area contributed by atoms with Gasteiger partial charge in [-0.05, 0) is 44.2 Å². The van der Waals surface area contributed by atoms with Crippen molar-refractivity contribution in [2.45, 2.75) is 13.8 Å². The summed E-state index contributed by atoms with van der Waals surface area (Å²) >= 11 is 0. The van der Waals surface area contributed by atoms with Gasteiger partial charge in [0, 0.05) is 48.9 Å². The minimum Gasteiger partial charge on any atom is -0.369 e. The smallest absolute Gasteiger partial charge is 0.261 e. The summed E-state index contributed by atoms with van der Waals surface area (Å²) in [5.74, 6) is -0.201. The van der Waals surface area contributed by atoms with Crippen LogP contribution in [-0.2, 0) is 0 Å². The maximum atomic E-state index is 12.7. The Morgan fingerprint density at radius 3 is 2.62 bits per heavy atom. The number of fused-ring (bicyclic) bond motifs is 1. The molecule has 0 spiro atoms. The summed E-state index contributed by atoms with van der Waals surface area (Å²) < 4.78 is 1.69. The maximum absolute atomic E-state index is 12.7. The number of piperazine rings is 1. The molecule has 0 unspecified atom stereocenters. The third-order valence-electron chi connectivity index (χ3n) is 4.63. The van der Waals surface area contributed by atoms with Gasteiger partial charge in [-0.15, -0.1) is 0 Å². The second-order valence-electron chi connectivity index (χ2n) is 6.57. The zero-order chi connectivity index (χ0) is 18.1. The molecule has 134 valence electrons. The molecule has 4 rings (SSSR count). The average molecular weight is 350 g/mol. The summed E-state index contributed by atoms with van der Waals surface area (Å²) in [4.78, 5) is 19.5. The molecule has 1 fully saturated rings. The Bertz CT molecular complexity index is 941. The molecule has 0 atom stereocenters. The fraction of sp³-hybridized carbons (Fsp3) is 0.316. The average Bonchev–Trinajstić information content (AvgIpc) is 3.07. The van der Waals surface area contributed by atoms with E-state index in [0.29, 0.717) is 11.2 Å². The van der Waals surface area contributed by atoms with Gasteiger partial charge in [0.25, 0.3) is 5.91 Å². The quantitative estimate of drug-likeness (QED) is 0.756. The Labute approximate surface area is 152 Å². The Balaban J connectivity index is 1.53. The number of aromatic nitrogens is 3. The van der Waals surface area contributed by atoms with E-state index in [0.717, 1.165) is 43.3 Å². The van der Waals surface area contributed by atoms with Crippen LogP contribution in [0.4, 0.5) is 11.4 Å². The Morgan fingerprint density at radius 2 is 1.88 bits per heavy atom. The lowest BCUT2D eigenvalue weighted by molar-refractivity contribution is 0.102. The van der Waals surface area contributed by atoms with Crippen LogP contribution >= 0.6 is 0 Å². The molecular formula is C19H22N6O. The topological polar surface area (TPSA) is 74.6 Å². The number of carbonyl (C=O) groups is 1. The van der Waals surface area contributed by atoms with Gasteiger partial charge in [0.2, 0.25) is 0 Å². The first kappa shape index (κ1) is 16.5. The molecule has 0 bridgehead atoms. The van der Waals surface area contributed by atoms with E-state index in [1.165, 1.54) is 5.69 Å². The van der Waals surface area contributed by atoms with Crippen LogP contribution in [0.1, 0.15) is 21.7 Å². The first-order chi connectivity index (χ1) is 12.6. The van der Waals surface area contributed by atoms with E-state index in [-0.39, 0.29) is 5.91 Å².